The lowest BCUT2D eigenvalue weighted by molar-refractivity contribution is -0.163. The second kappa shape index (κ2) is 50.0. The molecule has 0 aromatic heterocycles. The van der Waals surface area contributed by atoms with Gasteiger partial charge in [0.15, 0.2) is 0 Å². The Morgan fingerprint density at radius 2 is 0.338 bits per heavy atom. The summed E-state index contributed by atoms with van der Waals surface area (Å²) >= 11 is 0. The fourth-order valence-electron chi connectivity index (χ4n) is 8.62. The van der Waals surface area contributed by atoms with E-state index in [1.807, 2.05) is 0 Å². The van der Waals surface area contributed by atoms with Crippen LogP contribution >= 0.6 is 0 Å². The molecule has 0 aliphatic heterocycles. The number of carbonyl (C=O) groups excluding carboxylic acids is 4. The first-order valence-electron chi connectivity index (χ1n) is 28.7. The summed E-state index contributed by atoms with van der Waals surface area (Å²) in [6, 6.07) is 0. The third-order valence-corrected chi connectivity index (χ3v) is 14.8. The van der Waals surface area contributed by atoms with Gasteiger partial charge in [-0.25, -0.2) is 0 Å². The van der Waals surface area contributed by atoms with Gasteiger partial charge in [0, 0.05) is 25.7 Å². The predicted molar refractivity (Wildman–Crippen MR) is 274 cm³/mol. The van der Waals surface area contributed by atoms with Crippen molar-refractivity contribution in [1.29, 1.82) is 0 Å². The van der Waals surface area contributed by atoms with Crippen molar-refractivity contribution in [2.75, 3.05) is 0 Å². The molecule has 0 atom stereocenters. The molecule has 0 bridgehead atoms. The van der Waals surface area contributed by atoms with Crippen LogP contribution < -0.4 is 0 Å². The van der Waals surface area contributed by atoms with E-state index in [0.29, 0.717) is 25.7 Å². The summed E-state index contributed by atoms with van der Waals surface area (Å²) in [6.07, 6.45) is 50.6. The summed E-state index contributed by atoms with van der Waals surface area (Å²) in [4.78, 5) is 53.9. The Balaban J connectivity index is 5.49. The van der Waals surface area contributed by atoms with Crippen molar-refractivity contribution in [2.24, 2.45) is 0 Å². The van der Waals surface area contributed by atoms with Crippen LogP contribution in [0.5, 0.6) is 0 Å². The average Bonchev–Trinajstić information content (AvgIpc) is 3.28. The van der Waals surface area contributed by atoms with Crippen LogP contribution in [-0.4, -0.2) is 32.9 Å². The van der Waals surface area contributed by atoms with E-state index in [2.05, 4.69) is 27.7 Å². The van der Waals surface area contributed by atoms with Crippen LogP contribution in [0.2, 0.25) is 0 Å². The zero-order valence-corrected chi connectivity index (χ0v) is 44.7. The van der Waals surface area contributed by atoms with Crippen LogP contribution in [-0.2, 0) is 36.9 Å². The summed E-state index contributed by atoms with van der Waals surface area (Å²) < 4.78 is 23.3. The molecule has 65 heavy (non-hydrogen) atoms. The lowest BCUT2D eigenvalue weighted by Gasteiger charge is -2.25. The Morgan fingerprint density at radius 3 is 0.477 bits per heavy atom. The third-order valence-electron chi connectivity index (χ3n) is 12.9. The molecule has 384 valence electrons. The van der Waals surface area contributed by atoms with Gasteiger partial charge in [-0.15, -0.1) is 0 Å². The first-order valence-corrected chi connectivity index (χ1v) is 30.3. The van der Waals surface area contributed by atoms with Gasteiger partial charge < -0.3 is 17.7 Å². The SMILES string of the molecule is CCCCCCCCCCCCCC(=O)O[Si](OC(=O)CCCCCCCCCCCCC)(OC(=O)CCCCCCCCCCCCC)OC(=O)CCCCCCCCCCCCC. The van der Waals surface area contributed by atoms with Crippen LogP contribution in [0.4, 0.5) is 0 Å². The standard InChI is InChI=1S/C56H108O8Si/c1-5-9-13-17-21-25-29-33-37-41-45-49-53(57)61-65(62-54(58)50-46-42-38-34-30-26-22-18-14-10-6-2,63-55(59)51-47-43-39-35-31-27-23-19-15-11-7-3)64-56(60)52-48-44-40-36-32-28-24-20-16-12-8-4/h5-52H2,1-4H3. The number of hydrogen-bond donors (Lipinski definition) is 0. The van der Waals surface area contributed by atoms with Gasteiger partial charge >= 0.3 is 9.05 Å². The summed E-state index contributed by atoms with van der Waals surface area (Å²) in [5.74, 6) is -2.61. The highest BCUT2D eigenvalue weighted by molar-refractivity contribution is 6.60. The maximum Gasteiger partial charge on any atom is 0.974 e. The zero-order valence-electron chi connectivity index (χ0n) is 43.7. The molecule has 0 N–H and O–H groups in total. The molecule has 0 unspecified atom stereocenters. The lowest BCUT2D eigenvalue weighted by atomic mass is 10.1. The van der Waals surface area contributed by atoms with Gasteiger partial charge in [-0.1, -0.05) is 285 Å². The van der Waals surface area contributed by atoms with Crippen molar-refractivity contribution in [3.05, 3.63) is 0 Å². The predicted octanol–water partition coefficient (Wildman–Crippen LogP) is 18.4. The fraction of sp³-hybridized carbons (Fsp3) is 0.929. The Labute approximate surface area is 404 Å². The normalized spacial score (nSPS) is 11.5. The Kier molecular flexibility index (Phi) is 48.5. The molecular formula is C56H108O8Si. The topological polar surface area (TPSA) is 105 Å². The van der Waals surface area contributed by atoms with E-state index in [1.54, 1.807) is 0 Å². The van der Waals surface area contributed by atoms with E-state index in [-0.39, 0.29) is 25.7 Å². The van der Waals surface area contributed by atoms with Gasteiger partial charge in [0.2, 0.25) is 0 Å². The van der Waals surface area contributed by atoms with Crippen molar-refractivity contribution in [3.8, 4) is 0 Å². The van der Waals surface area contributed by atoms with E-state index < -0.39 is 32.9 Å². The van der Waals surface area contributed by atoms with Crippen LogP contribution in [0.3, 0.4) is 0 Å². The Morgan fingerprint density at radius 1 is 0.215 bits per heavy atom. The second-order valence-electron chi connectivity index (χ2n) is 19.5. The molecule has 0 saturated heterocycles. The summed E-state index contributed by atoms with van der Waals surface area (Å²) in [6.45, 7) is 8.96. The zero-order chi connectivity index (χ0) is 47.6. The molecule has 0 aliphatic rings. The Bertz CT molecular complexity index is 901. The van der Waals surface area contributed by atoms with Crippen molar-refractivity contribution in [1.82, 2.24) is 0 Å². The fourth-order valence-corrected chi connectivity index (χ4v) is 10.4. The van der Waals surface area contributed by atoms with E-state index in [1.165, 1.54) is 180 Å². The van der Waals surface area contributed by atoms with Crippen molar-refractivity contribution in [3.63, 3.8) is 0 Å². The van der Waals surface area contributed by atoms with Gasteiger partial charge in [-0.2, -0.15) is 0 Å². The first-order chi connectivity index (χ1) is 31.8. The molecule has 0 saturated carbocycles. The highest BCUT2D eigenvalue weighted by Crippen LogP contribution is 2.22. The van der Waals surface area contributed by atoms with Gasteiger partial charge in [0.05, 0.1) is 0 Å². The van der Waals surface area contributed by atoms with Crippen LogP contribution in [0.1, 0.15) is 336 Å². The van der Waals surface area contributed by atoms with Gasteiger partial charge in [0.25, 0.3) is 23.9 Å². The Hall–Kier alpha value is -1.90. The number of carbonyl (C=O) groups is 4. The largest absolute Gasteiger partial charge is 0.974 e. The number of unbranched alkanes of at least 4 members (excludes halogenated alkanes) is 40. The van der Waals surface area contributed by atoms with E-state index in [0.717, 1.165) is 77.0 Å². The monoisotopic (exact) mass is 937 g/mol. The van der Waals surface area contributed by atoms with E-state index in [9.17, 15) is 19.2 Å². The lowest BCUT2D eigenvalue weighted by Crippen LogP contribution is -2.54. The molecule has 0 aliphatic carbocycles. The third kappa shape index (κ3) is 45.6. The van der Waals surface area contributed by atoms with Crippen molar-refractivity contribution < 1.29 is 36.9 Å². The van der Waals surface area contributed by atoms with Crippen LogP contribution in [0.15, 0.2) is 0 Å². The maximum absolute atomic E-state index is 13.5. The van der Waals surface area contributed by atoms with Gasteiger partial charge in [0.1, 0.15) is 0 Å². The minimum absolute atomic E-state index is 0.0776. The molecular weight excluding hydrogens is 829 g/mol. The number of hydrogen-bond acceptors (Lipinski definition) is 8. The first kappa shape index (κ1) is 63.1. The molecule has 0 amide bonds. The van der Waals surface area contributed by atoms with Crippen molar-refractivity contribution >= 4 is 32.9 Å². The molecule has 0 heterocycles. The highest BCUT2D eigenvalue weighted by atomic mass is 28.4. The van der Waals surface area contributed by atoms with Crippen molar-refractivity contribution in [2.45, 2.75) is 336 Å². The molecule has 0 fully saturated rings. The molecule has 0 spiro atoms. The second-order valence-corrected chi connectivity index (χ2v) is 21.4. The smallest absolute Gasteiger partial charge is 0.423 e. The summed E-state index contributed by atoms with van der Waals surface area (Å²) in [5, 5.41) is 0. The van der Waals surface area contributed by atoms with Gasteiger partial charge in [-0.3, -0.25) is 19.2 Å². The highest BCUT2D eigenvalue weighted by Gasteiger charge is 2.62. The molecule has 0 aromatic rings. The molecule has 0 aromatic carbocycles. The quantitative estimate of drug-likeness (QED) is 0.0439. The molecule has 9 heteroatoms. The maximum atomic E-state index is 13.5. The molecule has 8 nitrogen and oxygen atoms in total. The van der Waals surface area contributed by atoms with Crippen LogP contribution in [0, 0.1) is 0 Å². The molecule has 0 rings (SSSR count). The van der Waals surface area contributed by atoms with Gasteiger partial charge in [-0.05, 0) is 25.7 Å². The average molecular weight is 938 g/mol. The van der Waals surface area contributed by atoms with Crippen LogP contribution in [0.25, 0.3) is 0 Å². The van der Waals surface area contributed by atoms with E-state index >= 15 is 0 Å². The summed E-state index contributed by atoms with van der Waals surface area (Å²) in [5.41, 5.74) is 0. The summed E-state index contributed by atoms with van der Waals surface area (Å²) in [7, 11) is -4.85. The number of rotatable bonds is 52. The van der Waals surface area contributed by atoms with E-state index in [4.69, 9.17) is 17.7 Å². The minimum Gasteiger partial charge on any atom is -0.423 e. The molecule has 0 radical (unpaired) electrons. The minimum atomic E-state index is -4.85.